The van der Waals surface area contributed by atoms with E-state index in [-0.39, 0.29) is 0 Å². The molecule has 3 N–H and O–H groups in total. The van der Waals surface area contributed by atoms with Gasteiger partial charge in [0, 0.05) is 13.1 Å². The van der Waals surface area contributed by atoms with Crippen molar-refractivity contribution in [2.24, 2.45) is 10.4 Å². The minimum Gasteiger partial charge on any atom is -0.356 e. The van der Waals surface area contributed by atoms with E-state index in [9.17, 15) is 0 Å². The van der Waals surface area contributed by atoms with Gasteiger partial charge in [0.2, 0.25) is 0 Å². The summed E-state index contributed by atoms with van der Waals surface area (Å²) in [6.07, 6.45) is 2.51. The number of hydrogen-bond donors (Lipinski definition) is 3. The Morgan fingerprint density at radius 3 is 2.79 bits per heavy atom. The molecule has 0 saturated carbocycles. The highest BCUT2D eigenvalue weighted by atomic mass is 15.2. The molecule has 0 radical (unpaired) electrons. The Kier molecular flexibility index (Phi) is 2.91. The first-order chi connectivity index (χ1) is 6.79. The van der Waals surface area contributed by atoms with Crippen LogP contribution in [0.4, 0.5) is 0 Å². The molecule has 0 spiro atoms. The number of nitrogens with one attached hydrogen (secondary N) is 3. The summed E-state index contributed by atoms with van der Waals surface area (Å²) in [5.74, 6) is 0.991. The Bertz CT molecular complexity index is 218. The lowest BCUT2D eigenvalue weighted by Gasteiger charge is -2.34. The normalized spacial score (nSPS) is 25.4. The highest BCUT2D eigenvalue weighted by molar-refractivity contribution is 5.81. The molecular weight excluding hydrogens is 176 g/mol. The maximum absolute atomic E-state index is 4.33. The van der Waals surface area contributed by atoms with E-state index in [1.807, 2.05) is 0 Å². The topological polar surface area (TPSA) is 48.5 Å². The largest absolute Gasteiger partial charge is 0.356 e. The van der Waals surface area contributed by atoms with Gasteiger partial charge in [0.15, 0.2) is 5.96 Å². The van der Waals surface area contributed by atoms with Gasteiger partial charge in [0.1, 0.15) is 0 Å². The predicted octanol–water partition coefficient (Wildman–Crippen LogP) is -0.0751. The summed E-state index contributed by atoms with van der Waals surface area (Å²) in [4.78, 5) is 4.33. The number of guanidine groups is 1. The van der Waals surface area contributed by atoms with Crippen molar-refractivity contribution in [2.45, 2.75) is 19.8 Å². The summed E-state index contributed by atoms with van der Waals surface area (Å²) in [6.45, 7) is 7.61. The maximum Gasteiger partial charge on any atom is 0.191 e. The molecule has 0 aromatic rings. The van der Waals surface area contributed by atoms with Gasteiger partial charge in [-0.25, -0.2) is 0 Å². The van der Waals surface area contributed by atoms with Gasteiger partial charge in [-0.2, -0.15) is 0 Å². The van der Waals surface area contributed by atoms with Crippen LogP contribution in [0.2, 0.25) is 0 Å². The van der Waals surface area contributed by atoms with Crippen LogP contribution in [-0.4, -0.2) is 38.7 Å². The fraction of sp³-hybridized carbons (Fsp3) is 0.900. The summed E-state index contributed by atoms with van der Waals surface area (Å²) in [5.41, 5.74) is 0.442. The van der Waals surface area contributed by atoms with E-state index in [1.54, 1.807) is 0 Å². The number of nitrogens with zero attached hydrogens (tertiary/aromatic N) is 1. The van der Waals surface area contributed by atoms with E-state index >= 15 is 0 Å². The molecule has 14 heavy (non-hydrogen) atoms. The van der Waals surface area contributed by atoms with Gasteiger partial charge < -0.3 is 16.0 Å². The molecule has 80 valence electrons. The molecule has 2 heterocycles. The fourth-order valence-corrected chi connectivity index (χ4v) is 2.02. The zero-order chi connectivity index (χ0) is 9.86. The Morgan fingerprint density at radius 2 is 2.14 bits per heavy atom. The lowest BCUT2D eigenvalue weighted by Crippen LogP contribution is -2.45. The van der Waals surface area contributed by atoms with Gasteiger partial charge >= 0.3 is 0 Å². The van der Waals surface area contributed by atoms with Gasteiger partial charge in [-0.05, 0) is 31.3 Å². The molecule has 1 saturated heterocycles. The first-order valence-corrected chi connectivity index (χ1v) is 5.51. The maximum atomic E-state index is 4.33. The molecule has 0 aromatic carbocycles. The quantitative estimate of drug-likeness (QED) is 0.579. The highest BCUT2D eigenvalue weighted by Crippen LogP contribution is 2.26. The van der Waals surface area contributed by atoms with Gasteiger partial charge in [-0.1, -0.05) is 6.92 Å². The number of aliphatic imine (C=N–C) groups is 1. The number of rotatable bonds is 2. The second-order valence-corrected chi connectivity index (χ2v) is 4.57. The predicted molar refractivity (Wildman–Crippen MR) is 58.5 cm³/mol. The van der Waals surface area contributed by atoms with Crippen molar-refractivity contribution in [3.05, 3.63) is 0 Å². The van der Waals surface area contributed by atoms with Crippen LogP contribution in [0.25, 0.3) is 0 Å². The Balaban J connectivity index is 1.77. The summed E-state index contributed by atoms with van der Waals surface area (Å²) in [6, 6.07) is 0. The third kappa shape index (κ3) is 2.38. The summed E-state index contributed by atoms with van der Waals surface area (Å²) < 4.78 is 0. The first-order valence-electron chi connectivity index (χ1n) is 5.51. The zero-order valence-electron chi connectivity index (χ0n) is 8.90. The molecule has 0 bridgehead atoms. The molecule has 0 amide bonds. The molecule has 4 heteroatoms. The molecular formula is C10H20N4. The van der Waals surface area contributed by atoms with Crippen LogP contribution >= 0.6 is 0 Å². The molecule has 0 aromatic heterocycles. The standard InChI is InChI=1S/C10H20N4/c1-10(2-4-11-5-3-10)8-14-9-12-6-7-13-9/h11H,2-8H2,1H3,(H2,12,13,14). The van der Waals surface area contributed by atoms with E-state index < -0.39 is 0 Å². The van der Waals surface area contributed by atoms with Crippen LogP contribution in [0.3, 0.4) is 0 Å². The third-order valence-corrected chi connectivity index (χ3v) is 3.17. The van der Waals surface area contributed by atoms with Crippen molar-refractivity contribution in [2.75, 3.05) is 32.7 Å². The van der Waals surface area contributed by atoms with Crippen molar-refractivity contribution < 1.29 is 0 Å². The fourth-order valence-electron chi connectivity index (χ4n) is 2.02. The van der Waals surface area contributed by atoms with Crippen LogP contribution in [0, 0.1) is 5.41 Å². The average Bonchev–Trinajstić information content (AvgIpc) is 2.69. The van der Waals surface area contributed by atoms with Crippen LogP contribution in [0.1, 0.15) is 19.8 Å². The van der Waals surface area contributed by atoms with Crippen molar-refractivity contribution in [3.63, 3.8) is 0 Å². The molecule has 4 nitrogen and oxygen atoms in total. The van der Waals surface area contributed by atoms with Crippen LogP contribution in [0.15, 0.2) is 4.99 Å². The summed E-state index contributed by atoms with van der Waals surface area (Å²) in [7, 11) is 0. The second kappa shape index (κ2) is 4.17. The van der Waals surface area contributed by atoms with Crippen molar-refractivity contribution in [1.29, 1.82) is 0 Å². The molecule has 0 aliphatic carbocycles. The van der Waals surface area contributed by atoms with E-state index in [0.717, 1.165) is 38.7 Å². The molecule has 0 atom stereocenters. The van der Waals surface area contributed by atoms with Crippen LogP contribution < -0.4 is 16.0 Å². The third-order valence-electron chi connectivity index (χ3n) is 3.17. The first kappa shape index (κ1) is 9.77. The van der Waals surface area contributed by atoms with E-state index in [4.69, 9.17) is 0 Å². The smallest absolute Gasteiger partial charge is 0.191 e. The van der Waals surface area contributed by atoms with Gasteiger partial charge in [-0.15, -0.1) is 0 Å². The Morgan fingerprint density at radius 1 is 1.36 bits per heavy atom. The van der Waals surface area contributed by atoms with Crippen LogP contribution in [0.5, 0.6) is 0 Å². The van der Waals surface area contributed by atoms with Gasteiger partial charge in [0.05, 0.1) is 6.54 Å². The number of hydrogen-bond acceptors (Lipinski definition) is 4. The van der Waals surface area contributed by atoms with E-state index in [1.165, 1.54) is 12.8 Å². The van der Waals surface area contributed by atoms with Crippen molar-refractivity contribution in [3.8, 4) is 0 Å². The lowest BCUT2D eigenvalue weighted by molar-refractivity contribution is 0.231. The average molecular weight is 196 g/mol. The SMILES string of the molecule is CC1(CNC2=NCCN2)CCNCC1. The van der Waals surface area contributed by atoms with Crippen molar-refractivity contribution >= 4 is 5.96 Å². The number of piperidine rings is 1. The zero-order valence-corrected chi connectivity index (χ0v) is 8.90. The summed E-state index contributed by atoms with van der Waals surface area (Å²) >= 11 is 0. The minimum atomic E-state index is 0.442. The molecule has 2 rings (SSSR count). The molecule has 1 fully saturated rings. The van der Waals surface area contributed by atoms with Crippen LogP contribution in [-0.2, 0) is 0 Å². The summed E-state index contributed by atoms with van der Waals surface area (Å²) in [5, 5.41) is 10.0. The minimum absolute atomic E-state index is 0.442. The molecule has 0 unspecified atom stereocenters. The molecule has 2 aliphatic rings. The monoisotopic (exact) mass is 196 g/mol. The van der Waals surface area contributed by atoms with E-state index in [2.05, 4.69) is 27.9 Å². The van der Waals surface area contributed by atoms with Gasteiger partial charge in [-0.3, -0.25) is 4.99 Å². The highest BCUT2D eigenvalue weighted by Gasteiger charge is 2.26. The van der Waals surface area contributed by atoms with Gasteiger partial charge in [0.25, 0.3) is 0 Å². The van der Waals surface area contributed by atoms with Crippen molar-refractivity contribution in [1.82, 2.24) is 16.0 Å². The second-order valence-electron chi connectivity index (χ2n) is 4.57. The Hall–Kier alpha value is -0.770. The van der Waals surface area contributed by atoms with E-state index in [0.29, 0.717) is 5.41 Å². The Labute approximate surface area is 85.6 Å². The lowest BCUT2D eigenvalue weighted by atomic mass is 9.81. The molecule has 2 aliphatic heterocycles.